The number of carbonyl (C=O) groups excluding carboxylic acids is 1. The maximum Gasteiger partial charge on any atom is 0.573 e. The van der Waals surface area contributed by atoms with Gasteiger partial charge in [-0.3, -0.25) is 4.79 Å². The molecule has 8 nitrogen and oxygen atoms in total. The standard InChI is InChI=1S/C30H30F4N4O4S/c1-2-18-9-10-19(38(18)29-36-26-22(31)13-17(28(35)39)14-24(26)43-29)11-12-40-15-21-25(37-42-27(21)16-7-8-16)20-5-3-4-6-23(20)41-30(32,33)34/h3-6,13-14,16,18-19H,2,7-12,15H2,1H3,(H2,35,39)/t18?,19-/m0/s1. The van der Waals surface area contributed by atoms with Crippen LogP contribution in [0.3, 0.4) is 0 Å². The van der Waals surface area contributed by atoms with Gasteiger partial charge in [-0.1, -0.05) is 35.5 Å². The van der Waals surface area contributed by atoms with Crippen molar-refractivity contribution in [3.8, 4) is 17.0 Å². The molecule has 2 fully saturated rings. The van der Waals surface area contributed by atoms with Crippen molar-refractivity contribution < 1.29 is 36.4 Å². The van der Waals surface area contributed by atoms with Crippen LogP contribution in [0.25, 0.3) is 21.5 Å². The number of rotatable bonds is 11. The maximum atomic E-state index is 14.7. The van der Waals surface area contributed by atoms with E-state index in [0.29, 0.717) is 34.2 Å². The average molecular weight is 619 g/mol. The number of halogens is 4. The van der Waals surface area contributed by atoms with E-state index in [1.54, 1.807) is 12.1 Å². The molecule has 4 aromatic rings. The molecule has 2 aliphatic rings. The minimum Gasteiger partial charge on any atom is -0.405 e. The zero-order valence-corrected chi connectivity index (χ0v) is 24.1. The largest absolute Gasteiger partial charge is 0.573 e. The minimum atomic E-state index is -4.85. The number of nitrogens with two attached hydrogens (primary N) is 1. The highest BCUT2D eigenvalue weighted by atomic mass is 32.1. The molecule has 2 aromatic carbocycles. The Morgan fingerprint density at radius 3 is 2.65 bits per heavy atom. The quantitative estimate of drug-likeness (QED) is 0.139. The molecule has 1 saturated carbocycles. The number of hydrogen-bond acceptors (Lipinski definition) is 8. The van der Waals surface area contributed by atoms with Gasteiger partial charge in [0.2, 0.25) is 5.91 Å². The monoisotopic (exact) mass is 618 g/mol. The van der Waals surface area contributed by atoms with Gasteiger partial charge >= 0.3 is 6.36 Å². The van der Waals surface area contributed by atoms with Crippen molar-refractivity contribution in [2.45, 2.75) is 76.4 Å². The highest BCUT2D eigenvalue weighted by Crippen LogP contribution is 2.46. The number of primary amides is 1. The number of hydrogen-bond donors (Lipinski definition) is 1. The molecule has 228 valence electrons. The first-order chi connectivity index (χ1) is 20.6. The third kappa shape index (κ3) is 6.19. The Hall–Kier alpha value is -3.71. The highest BCUT2D eigenvalue weighted by molar-refractivity contribution is 7.22. The SMILES string of the molecule is CCC1CC[C@@H](CCOCc2c(-c3ccccc3OC(F)(F)F)noc2C2CC2)N1c1nc2c(F)cc(C(N)=O)cc2s1. The second-order valence-corrected chi connectivity index (χ2v) is 11.9. The molecular weight excluding hydrogens is 588 g/mol. The predicted octanol–water partition coefficient (Wildman–Crippen LogP) is 7.32. The molecule has 1 saturated heterocycles. The molecule has 43 heavy (non-hydrogen) atoms. The summed E-state index contributed by atoms with van der Waals surface area (Å²) in [5, 5.41) is 4.82. The van der Waals surface area contributed by atoms with Crippen LogP contribution in [0.1, 0.15) is 73.0 Å². The third-order valence-electron chi connectivity index (χ3n) is 8.01. The summed E-state index contributed by atoms with van der Waals surface area (Å²) in [5.74, 6) is -0.832. The van der Waals surface area contributed by atoms with E-state index in [4.69, 9.17) is 15.0 Å². The number of para-hydroxylation sites is 1. The van der Waals surface area contributed by atoms with Crippen molar-refractivity contribution >= 4 is 32.6 Å². The Balaban J connectivity index is 1.18. The van der Waals surface area contributed by atoms with E-state index < -0.39 is 18.1 Å². The second-order valence-electron chi connectivity index (χ2n) is 10.9. The molecular formula is C30H30F4N4O4S. The van der Waals surface area contributed by atoms with Crippen LogP contribution in [0.4, 0.5) is 22.7 Å². The zero-order valence-electron chi connectivity index (χ0n) is 23.3. The van der Waals surface area contributed by atoms with Gasteiger partial charge in [-0.05, 0) is 62.8 Å². The smallest absolute Gasteiger partial charge is 0.405 e. The normalized spacial score (nSPS) is 19.0. The van der Waals surface area contributed by atoms with Crippen LogP contribution in [0, 0.1) is 5.82 Å². The first-order valence-electron chi connectivity index (χ1n) is 14.2. The lowest BCUT2D eigenvalue weighted by Crippen LogP contribution is -2.36. The lowest BCUT2D eigenvalue weighted by atomic mass is 10.0. The number of alkyl halides is 3. The molecule has 1 amide bonds. The number of benzene rings is 2. The second kappa shape index (κ2) is 11.8. The third-order valence-corrected chi connectivity index (χ3v) is 9.03. The Kier molecular flexibility index (Phi) is 8.03. The fourth-order valence-corrected chi connectivity index (χ4v) is 6.96. The van der Waals surface area contributed by atoms with Crippen LogP contribution in [-0.4, -0.2) is 41.1 Å². The number of carbonyl (C=O) groups is 1. The van der Waals surface area contributed by atoms with Crippen molar-refractivity contribution in [1.82, 2.24) is 10.1 Å². The molecule has 2 N–H and O–H groups in total. The summed E-state index contributed by atoms with van der Waals surface area (Å²) in [5.41, 5.74) is 6.77. The van der Waals surface area contributed by atoms with Crippen LogP contribution >= 0.6 is 11.3 Å². The van der Waals surface area contributed by atoms with E-state index in [0.717, 1.165) is 38.2 Å². The van der Waals surface area contributed by atoms with Crippen LogP contribution in [0.2, 0.25) is 0 Å². The van der Waals surface area contributed by atoms with Crippen molar-refractivity contribution in [3.63, 3.8) is 0 Å². The highest BCUT2D eigenvalue weighted by Gasteiger charge is 2.37. The first kappa shape index (κ1) is 29.4. The van der Waals surface area contributed by atoms with Crippen molar-refractivity contribution in [3.05, 3.63) is 59.1 Å². The topological polar surface area (TPSA) is 104 Å². The number of aromatic nitrogens is 2. The number of nitrogens with zero attached hydrogens (tertiary/aromatic N) is 3. The maximum absolute atomic E-state index is 14.7. The van der Waals surface area contributed by atoms with Crippen molar-refractivity contribution in [1.29, 1.82) is 0 Å². The Bertz CT molecular complexity index is 1630. The van der Waals surface area contributed by atoms with Gasteiger partial charge < -0.3 is 24.6 Å². The number of thiazole rings is 1. The molecule has 13 heteroatoms. The van der Waals surface area contributed by atoms with E-state index in [1.807, 2.05) is 0 Å². The van der Waals surface area contributed by atoms with Gasteiger partial charge in [0.1, 0.15) is 22.7 Å². The fraction of sp³-hybridized carbons (Fsp3) is 0.433. The summed E-state index contributed by atoms with van der Waals surface area (Å²) in [6.45, 7) is 2.60. The molecule has 1 unspecified atom stereocenters. The van der Waals surface area contributed by atoms with Crippen molar-refractivity contribution in [2.24, 2.45) is 5.73 Å². The molecule has 0 spiro atoms. The van der Waals surface area contributed by atoms with E-state index in [1.165, 1.54) is 29.5 Å². The lowest BCUT2D eigenvalue weighted by molar-refractivity contribution is -0.274. The Morgan fingerprint density at radius 2 is 1.93 bits per heavy atom. The number of anilines is 1. The van der Waals surface area contributed by atoms with Gasteiger partial charge in [0.15, 0.2) is 10.9 Å². The molecule has 2 aromatic heterocycles. The average Bonchev–Trinajstić information content (AvgIpc) is 3.37. The van der Waals surface area contributed by atoms with Gasteiger partial charge in [-0.25, -0.2) is 9.37 Å². The molecule has 0 radical (unpaired) electrons. The summed E-state index contributed by atoms with van der Waals surface area (Å²) < 4.78 is 70.5. The number of fused-ring (bicyclic) bond motifs is 1. The predicted molar refractivity (Wildman–Crippen MR) is 153 cm³/mol. The van der Waals surface area contributed by atoms with Crippen molar-refractivity contribution in [2.75, 3.05) is 11.5 Å². The summed E-state index contributed by atoms with van der Waals surface area (Å²) in [6.07, 6.45) is 0.386. The zero-order chi connectivity index (χ0) is 30.3. The molecule has 6 rings (SSSR count). The van der Waals surface area contributed by atoms with Gasteiger partial charge in [0.05, 0.1) is 11.3 Å². The van der Waals surface area contributed by atoms with Gasteiger partial charge in [0, 0.05) is 41.3 Å². The number of ether oxygens (including phenoxy) is 2. The van der Waals surface area contributed by atoms with E-state index in [-0.39, 0.29) is 52.7 Å². The summed E-state index contributed by atoms with van der Waals surface area (Å²) in [4.78, 5) is 18.4. The molecule has 1 aliphatic heterocycles. The Labute approximate surface area is 248 Å². The molecule has 0 bridgehead atoms. The van der Waals surface area contributed by atoms with E-state index >= 15 is 0 Å². The summed E-state index contributed by atoms with van der Waals surface area (Å²) in [7, 11) is 0. The Morgan fingerprint density at radius 1 is 1.16 bits per heavy atom. The van der Waals surface area contributed by atoms with Gasteiger partial charge in [-0.15, -0.1) is 13.2 Å². The summed E-state index contributed by atoms with van der Waals surface area (Å²) >= 11 is 1.33. The fourth-order valence-electron chi connectivity index (χ4n) is 5.80. The van der Waals surface area contributed by atoms with E-state index in [9.17, 15) is 22.4 Å². The van der Waals surface area contributed by atoms with Crippen LogP contribution in [-0.2, 0) is 11.3 Å². The first-order valence-corrected chi connectivity index (χ1v) is 15.0. The molecule has 2 atom stereocenters. The summed E-state index contributed by atoms with van der Waals surface area (Å²) in [6, 6.07) is 8.86. The van der Waals surface area contributed by atoms with E-state index in [2.05, 4.69) is 26.7 Å². The van der Waals surface area contributed by atoms with Gasteiger partial charge in [-0.2, -0.15) is 0 Å². The van der Waals surface area contributed by atoms with Crippen LogP contribution in [0.5, 0.6) is 5.75 Å². The van der Waals surface area contributed by atoms with Crippen LogP contribution in [0.15, 0.2) is 40.9 Å². The number of amides is 1. The molecule has 1 aliphatic carbocycles. The molecule has 3 heterocycles. The lowest BCUT2D eigenvalue weighted by Gasteiger charge is -2.29. The minimum absolute atomic E-state index is 0.0925. The van der Waals surface area contributed by atoms with Crippen LogP contribution < -0.4 is 15.4 Å². The van der Waals surface area contributed by atoms with Gasteiger partial charge in [0.25, 0.3) is 0 Å².